The van der Waals surface area contributed by atoms with Crippen LogP contribution in [0.5, 0.6) is 5.75 Å². The molecule has 1 aromatic carbocycles. The highest BCUT2D eigenvalue weighted by Gasteiger charge is 2.26. The van der Waals surface area contributed by atoms with Crippen molar-refractivity contribution in [1.29, 1.82) is 0 Å². The van der Waals surface area contributed by atoms with E-state index in [0.717, 1.165) is 20.4 Å². The molecule has 0 aliphatic heterocycles. The van der Waals surface area contributed by atoms with E-state index in [9.17, 15) is 14.4 Å². The lowest BCUT2D eigenvalue weighted by atomic mass is 10.1. The minimum absolute atomic E-state index is 0.148. The summed E-state index contributed by atoms with van der Waals surface area (Å²) in [5.41, 5.74) is 5.43. The number of hydrogen-bond acceptors (Lipinski definition) is 10. The summed E-state index contributed by atoms with van der Waals surface area (Å²) in [6, 6.07) is 7.64. The summed E-state index contributed by atoms with van der Waals surface area (Å²) in [5.74, 6) is 0.164. The number of Topliss-reactive ketones (excluding diaryl/α,β-unsaturated/α-hetero) is 1. The van der Waals surface area contributed by atoms with Crippen LogP contribution in [-0.4, -0.2) is 37.5 Å². The van der Waals surface area contributed by atoms with Crippen molar-refractivity contribution in [3.8, 4) is 5.75 Å². The largest absolute Gasteiger partial charge is 0.497 e. The average molecular weight is 463 g/mol. The molecule has 0 spiro atoms. The third-order valence-corrected chi connectivity index (χ3v) is 6.68. The van der Waals surface area contributed by atoms with Crippen LogP contribution in [0.15, 0.2) is 38.2 Å². The molecule has 10 nitrogen and oxygen atoms in total. The van der Waals surface area contributed by atoms with E-state index in [2.05, 4.69) is 15.5 Å². The van der Waals surface area contributed by atoms with Crippen molar-refractivity contribution < 1.29 is 9.53 Å². The first-order chi connectivity index (χ1) is 14.7. The van der Waals surface area contributed by atoms with Gasteiger partial charge in [-0.25, -0.2) is 4.79 Å². The van der Waals surface area contributed by atoms with E-state index in [4.69, 9.17) is 10.5 Å². The van der Waals surface area contributed by atoms with E-state index in [-0.39, 0.29) is 11.4 Å². The van der Waals surface area contributed by atoms with E-state index >= 15 is 0 Å². The number of nitrogen functional groups attached to an aromatic ring is 1. The number of ether oxygens (including phenoxy) is 1. The van der Waals surface area contributed by atoms with Gasteiger partial charge in [0.15, 0.2) is 10.1 Å². The molecule has 31 heavy (non-hydrogen) atoms. The Balaban J connectivity index is 1.68. The number of nitrogens with one attached hydrogen (secondary N) is 1. The van der Waals surface area contributed by atoms with Crippen LogP contribution in [0.2, 0.25) is 0 Å². The Morgan fingerprint density at radius 1 is 1.23 bits per heavy atom. The third kappa shape index (κ3) is 4.80. The van der Waals surface area contributed by atoms with E-state index in [1.54, 1.807) is 14.0 Å². The zero-order valence-electron chi connectivity index (χ0n) is 17.4. The number of hydrogen-bond donors (Lipinski definition) is 2. The van der Waals surface area contributed by atoms with Gasteiger partial charge in [0, 0.05) is 20.6 Å². The van der Waals surface area contributed by atoms with Gasteiger partial charge in [-0.15, -0.1) is 10.2 Å². The second kappa shape index (κ2) is 9.35. The van der Waals surface area contributed by atoms with Gasteiger partial charge in [-0.2, -0.15) is 0 Å². The first-order valence-electron chi connectivity index (χ1n) is 9.19. The second-order valence-corrected chi connectivity index (χ2v) is 9.23. The number of ketones is 1. The smallest absolute Gasteiger partial charge is 0.332 e. The number of carbonyl (C=O) groups is 1. The standard InChI is InChI=1S/C19H22N6O4S2/c1-10(14(26)13-15(20)24(2)19(28)25(3)16(13)27)30-18-23-22-17(31-18)21-9-11-5-7-12(29-4)8-6-11/h5-8,10H,9,20H2,1-4H3,(H,21,22). The van der Waals surface area contributed by atoms with Crippen LogP contribution in [0.1, 0.15) is 22.8 Å². The van der Waals surface area contributed by atoms with E-state index in [0.29, 0.717) is 16.0 Å². The lowest BCUT2D eigenvalue weighted by Crippen LogP contribution is -2.42. The molecule has 1 atom stereocenters. The lowest BCUT2D eigenvalue weighted by Gasteiger charge is -2.13. The first-order valence-corrected chi connectivity index (χ1v) is 10.9. The molecule has 0 bridgehead atoms. The zero-order valence-corrected chi connectivity index (χ0v) is 19.0. The molecule has 0 saturated heterocycles. The van der Waals surface area contributed by atoms with Gasteiger partial charge in [0.05, 0.1) is 12.4 Å². The molecule has 0 aliphatic carbocycles. The van der Waals surface area contributed by atoms with Crippen molar-refractivity contribution in [2.24, 2.45) is 14.1 Å². The Morgan fingerprint density at radius 3 is 2.55 bits per heavy atom. The minimum Gasteiger partial charge on any atom is -0.497 e. The second-order valence-electron chi connectivity index (χ2n) is 6.67. The molecule has 2 heterocycles. The Bertz CT molecular complexity index is 1220. The number of benzene rings is 1. The number of thioether (sulfide) groups is 1. The van der Waals surface area contributed by atoms with Gasteiger partial charge in [0.2, 0.25) is 5.13 Å². The van der Waals surface area contributed by atoms with Crippen molar-refractivity contribution in [1.82, 2.24) is 19.3 Å². The molecule has 1 unspecified atom stereocenters. The zero-order chi connectivity index (χ0) is 22.7. The summed E-state index contributed by atoms with van der Waals surface area (Å²) in [6.07, 6.45) is 0. The van der Waals surface area contributed by atoms with Crippen molar-refractivity contribution in [3.05, 3.63) is 56.2 Å². The van der Waals surface area contributed by atoms with Crippen LogP contribution in [0.3, 0.4) is 0 Å². The summed E-state index contributed by atoms with van der Waals surface area (Å²) in [7, 11) is 4.34. The Kier molecular flexibility index (Phi) is 6.81. The van der Waals surface area contributed by atoms with Gasteiger partial charge < -0.3 is 15.8 Å². The number of anilines is 2. The van der Waals surface area contributed by atoms with Crippen molar-refractivity contribution in [2.45, 2.75) is 23.1 Å². The SMILES string of the molecule is COc1ccc(CNc2nnc(SC(C)C(=O)c3c(N)n(C)c(=O)n(C)c3=O)s2)cc1. The van der Waals surface area contributed by atoms with Gasteiger partial charge in [0.1, 0.15) is 17.1 Å². The molecule has 2 aromatic heterocycles. The molecule has 0 aliphatic rings. The maximum atomic E-state index is 12.9. The molecule has 0 amide bonds. The molecular weight excluding hydrogens is 440 g/mol. The number of methoxy groups -OCH3 is 1. The normalized spacial score (nSPS) is 11.9. The third-order valence-electron chi connectivity index (χ3n) is 4.61. The Morgan fingerprint density at radius 2 is 1.90 bits per heavy atom. The predicted octanol–water partition coefficient (Wildman–Crippen LogP) is 1.50. The molecule has 12 heteroatoms. The molecular formula is C19H22N6O4S2. The van der Waals surface area contributed by atoms with Crippen molar-refractivity contribution >= 4 is 39.8 Å². The summed E-state index contributed by atoms with van der Waals surface area (Å²) >= 11 is 2.48. The van der Waals surface area contributed by atoms with Crippen LogP contribution in [0, 0.1) is 0 Å². The fourth-order valence-electron chi connectivity index (χ4n) is 2.75. The summed E-state index contributed by atoms with van der Waals surface area (Å²) in [5, 5.41) is 11.3. The van der Waals surface area contributed by atoms with Gasteiger partial charge in [-0.3, -0.25) is 18.7 Å². The topological polar surface area (TPSA) is 134 Å². The number of aromatic nitrogens is 4. The van der Waals surface area contributed by atoms with Gasteiger partial charge >= 0.3 is 5.69 Å². The fraction of sp³-hybridized carbons (Fsp3) is 0.316. The van der Waals surface area contributed by atoms with Gasteiger partial charge in [0.25, 0.3) is 5.56 Å². The van der Waals surface area contributed by atoms with Crippen LogP contribution in [-0.2, 0) is 20.6 Å². The highest BCUT2D eigenvalue weighted by molar-refractivity contribution is 8.02. The average Bonchev–Trinajstić information content (AvgIpc) is 3.22. The highest BCUT2D eigenvalue weighted by atomic mass is 32.2. The molecule has 3 rings (SSSR count). The van der Waals surface area contributed by atoms with Crippen molar-refractivity contribution in [2.75, 3.05) is 18.2 Å². The maximum Gasteiger partial charge on any atom is 0.332 e. The number of carbonyl (C=O) groups excluding carboxylic acids is 1. The number of rotatable bonds is 8. The van der Waals surface area contributed by atoms with Crippen LogP contribution in [0.4, 0.5) is 10.9 Å². The monoisotopic (exact) mass is 462 g/mol. The number of nitrogens with two attached hydrogens (primary N) is 1. The van der Waals surface area contributed by atoms with Crippen LogP contribution < -0.4 is 27.0 Å². The lowest BCUT2D eigenvalue weighted by molar-refractivity contribution is 0.0992. The van der Waals surface area contributed by atoms with E-state index in [1.807, 2.05) is 24.3 Å². The summed E-state index contributed by atoms with van der Waals surface area (Å²) in [4.78, 5) is 37.2. The summed E-state index contributed by atoms with van der Waals surface area (Å²) < 4.78 is 7.66. The molecule has 3 N–H and O–H groups in total. The molecule has 0 saturated carbocycles. The molecule has 0 radical (unpaired) electrons. The van der Waals surface area contributed by atoms with Crippen LogP contribution in [0.25, 0.3) is 0 Å². The van der Waals surface area contributed by atoms with Gasteiger partial charge in [-0.05, 0) is 24.6 Å². The Labute approximate surface area is 186 Å². The number of nitrogens with zero attached hydrogens (tertiary/aromatic N) is 4. The predicted molar refractivity (Wildman–Crippen MR) is 121 cm³/mol. The minimum atomic E-state index is -0.711. The van der Waals surface area contributed by atoms with Gasteiger partial charge in [-0.1, -0.05) is 35.2 Å². The van der Waals surface area contributed by atoms with E-state index in [1.165, 1.54) is 37.2 Å². The quantitative estimate of drug-likeness (QED) is 0.377. The molecule has 164 valence electrons. The molecule has 3 aromatic rings. The van der Waals surface area contributed by atoms with Crippen LogP contribution >= 0.6 is 23.1 Å². The summed E-state index contributed by atoms with van der Waals surface area (Å²) in [6.45, 7) is 2.21. The van der Waals surface area contributed by atoms with E-state index < -0.39 is 22.3 Å². The highest BCUT2D eigenvalue weighted by Crippen LogP contribution is 2.30. The molecule has 0 fully saturated rings. The Hall–Kier alpha value is -3.12. The fourth-order valence-corrected chi connectivity index (χ4v) is 4.70. The first kappa shape index (κ1) is 22.6. The van der Waals surface area contributed by atoms with Crippen molar-refractivity contribution in [3.63, 3.8) is 0 Å². The maximum absolute atomic E-state index is 12.9.